The highest BCUT2D eigenvalue weighted by Gasteiger charge is 2.28. The molecule has 162 valence electrons. The monoisotopic (exact) mass is 427 g/mol. The van der Waals surface area contributed by atoms with Crippen molar-refractivity contribution in [3.63, 3.8) is 0 Å². The van der Waals surface area contributed by atoms with Gasteiger partial charge in [-0.1, -0.05) is 5.16 Å². The van der Waals surface area contributed by atoms with Gasteiger partial charge in [-0.15, -0.1) is 0 Å². The second-order valence-electron chi connectivity index (χ2n) is 8.36. The molecule has 7 nitrogen and oxygen atoms in total. The number of amides is 1. The molecule has 0 radical (unpaired) electrons. The van der Waals surface area contributed by atoms with Crippen LogP contribution in [0.2, 0.25) is 0 Å². The van der Waals surface area contributed by atoms with E-state index in [2.05, 4.69) is 45.7 Å². The van der Waals surface area contributed by atoms with Crippen LogP contribution in [0, 0.1) is 19.8 Å². The van der Waals surface area contributed by atoms with Gasteiger partial charge in [0, 0.05) is 60.1 Å². The van der Waals surface area contributed by atoms with Gasteiger partial charge in [0.05, 0.1) is 0 Å². The number of hydrogen-bond acceptors (Lipinski definition) is 5. The average Bonchev–Trinajstić information content (AvgIpc) is 3.55. The van der Waals surface area contributed by atoms with E-state index in [0.29, 0.717) is 30.6 Å². The first-order valence-corrected chi connectivity index (χ1v) is 10.9. The third-order valence-electron chi connectivity index (χ3n) is 6.08. The summed E-state index contributed by atoms with van der Waals surface area (Å²) in [5.41, 5.74) is 5.00. The summed E-state index contributed by atoms with van der Waals surface area (Å²) in [6.07, 6.45) is 5.04. The third kappa shape index (κ3) is 3.93. The lowest BCUT2D eigenvalue weighted by Crippen LogP contribution is -2.29. The van der Waals surface area contributed by atoms with Crippen LogP contribution >= 0.6 is 0 Å². The van der Waals surface area contributed by atoms with E-state index in [4.69, 9.17) is 4.52 Å². The van der Waals surface area contributed by atoms with Crippen LogP contribution in [0.4, 0.5) is 0 Å². The zero-order chi connectivity index (χ0) is 22.1. The summed E-state index contributed by atoms with van der Waals surface area (Å²) >= 11 is 0. The number of rotatable bonds is 5. The molecule has 1 aliphatic heterocycles. The first-order valence-electron chi connectivity index (χ1n) is 10.9. The molecule has 7 heteroatoms. The number of likely N-dealkylation sites (tertiary alicyclic amines) is 1. The van der Waals surface area contributed by atoms with Gasteiger partial charge in [-0.2, -0.15) is 4.98 Å². The molecule has 0 saturated carbocycles. The number of aryl methyl sites for hydroxylation is 2. The second kappa shape index (κ2) is 8.42. The van der Waals surface area contributed by atoms with E-state index in [9.17, 15) is 4.79 Å². The van der Waals surface area contributed by atoms with Crippen LogP contribution in [0.5, 0.6) is 0 Å². The lowest BCUT2D eigenvalue weighted by atomic mass is 10.0. The Labute approximate surface area is 186 Å². The smallest absolute Gasteiger partial charge is 0.258 e. The number of aromatic nitrogens is 4. The molecule has 1 saturated heterocycles. The van der Waals surface area contributed by atoms with Gasteiger partial charge < -0.3 is 14.0 Å². The quantitative estimate of drug-likeness (QED) is 0.476. The van der Waals surface area contributed by atoms with Crippen molar-refractivity contribution in [1.82, 2.24) is 24.6 Å². The van der Waals surface area contributed by atoms with Crippen molar-refractivity contribution >= 4 is 5.91 Å². The maximum atomic E-state index is 13.0. The maximum Gasteiger partial charge on any atom is 0.258 e. The van der Waals surface area contributed by atoms with Crippen LogP contribution in [0.15, 0.2) is 65.4 Å². The summed E-state index contributed by atoms with van der Waals surface area (Å²) in [4.78, 5) is 23.5. The number of carbonyl (C=O) groups excluding carboxylic acids is 1. The normalized spacial score (nSPS) is 15.9. The van der Waals surface area contributed by atoms with Gasteiger partial charge in [-0.05, 0) is 74.7 Å². The van der Waals surface area contributed by atoms with E-state index in [1.807, 2.05) is 41.3 Å². The molecule has 5 rings (SSSR count). The Bertz CT molecular complexity index is 1210. The standard InChI is InChI=1S/C25H25N5O2/c1-17-3-4-18(2)30(17)22-7-5-21(6-8-22)25(31)29-14-11-19(16-29)15-23-27-24(32-28-23)20-9-12-26-13-10-20/h3-10,12-13,19H,11,14-16H2,1-2H3. The Balaban J connectivity index is 1.22. The van der Waals surface area contributed by atoms with Crippen LogP contribution < -0.4 is 0 Å². The lowest BCUT2D eigenvalue weighted by molar-refractivity contribution is 0.0787. The summed E-state index contributed by atoms with van der Waals surface area (Å²) in [6.45, 7) is 5.62. The van der Waals surface area contributed by atoms with Crippen molar-refractivity contribution in [1.29, 1.82) is 0 Å². The molecule has 32 heavy (non-hydrogen) atoms. The Morgan fingerprint density at radius 3 is 2.47 bits per heavy atom. The highest BCUT2D eigenvalue weighted by atomic mass is 16.5. The van der Waals surface area contributed by atoms with E-state index < -0.39 is 0 Å². The molecule has 0 bridgehead atoms. The average molecular weight is 428 g/mol. The molecule has 1 aromatic carbocycles. The van der Waals surface area contributed by atoms with E-state index in [1.165, 1.54) is 11.4 Å². The summed E-state index contributed by atoms with van der Waals surface area (Å²) in [7, 11) is 0. The van der Waals surface area contributed by atoms with Crippen LogP contribution in [0.3, 0.4) is 0 Å². The minimum atomic E-state index is 0.0746. The Morgan fingerprint density at radius 1 is 1.03 bits per heavy atom. The van der Waals surface area contributed by atoms with Crippen LogP contribution in [-0.4, -0.2) is 43.6 Å². The molecule has 1 fully saturated rings. The number of benzene rings is 1. The van der Waals surface area contributed by atoms with Gasteiger partial charge in [-0.3, -0.25) is 9.78 Å². The van der Waals surface area contributed by atoms with Gasteiger partial charge in [0.15, 0.2) is 5.82 Å². The van der Waals surface area contributed by atoms with Crippen LogP contribution in [0.25, 0.3) is 17.1 Å². The fourth-order valence-electron chi connectivity index (χ4n) is 4.40. The topological polar surface area (TPSA) is 77.0 Å². The molecule has 4 aromatic rings. The fraction of sp³-hybridized carbons (Fsp3) is 0.280. The van der Waals surface area contributed by atoms with Crippen molar-refractivity contribution < 1.29 is 9.32 Å². The minimum Gasteiger partial charge on any atom is -0.338 e. The zero-order valence-corrected chi connectivity index (χ0v) is 18.2. The summed E-state index contributed by atoms with van der Waals surface area (Å²) in [5, 5.41) is 4.12. The molecule has 1 aliphatic rings. The zero-order valence-electron chi connectivity index (χ0n) is 18.2. The molecular formula is C25H25N5O2. The van der Waals surface area contributed by atoms with E-state index in [1.54, 1.807) is 12.4 Å². The predicted octanol–water partition coefficient (Wildman–Crippen LogP) is 4.24. The third-order valence-corrected chi connectivity index (χ3v) is 6.08. The molecule has 1 amide bonds. The van der Waals surface area contributed by atoms with Crippen molar-refractivity contribution in [2.24, 2.45) is 5.92 Å². The Morgan fingerprint density at radius 2 is 1.75 bits per heavy atom. The molecule has 0 spiro atoms. The van der Waals surface area contributed by atoms with Gasteiger partial charge in [0.2, 0.25) is 0 Å². The SMILES string of the molecule is Cc1ccc(C)n1-c1ccc(C(=O)N2CCC(Cc3noc(-c4ccncc4)n3)C2)cc1. The number of hydrogen-bond donors (Lipinski definition) is 0. The number of pyridine rings is 1. The molecule has 0 N–H and O–H groups in total. The van der Waals surface area contributed by atoms with Crippen molar-refractivity contribution in [2.75, 3.05) is 13.1 Å². The molecular weight excluding hydrogens is 402 g/mol. The van der Waals surface area contributed by atoms with Crippen LogP contribution in [-0.2, 0) is 6.42 Å². The van der Waals surface area contributed by atoms with Crippen molar-refractivity contribution in [2.45, 2.75) is 26.7 Å². The molecule has 0 aliphatic carbocycles. The first kappa shape index (κ1) is 20.2. The van der Waals surface area contributed by atoms with E-state index in [-0.39, 0.29) is 5.91 Å². The van der Waals surface area contributed by atoms with Gasteiger partial charge in [-0.25, -0.2) is 0 Å². The minimum absolute atomic E-state index is 0.0746. The van der Waals surface area contributed by atoms with Gasteiger partial charge in [0.25, 0.3) is 11.8 Å². The molecule has 1 atom stereocenters. The predicted molar refractivity (Wildman–Crippen MR) is 120 cm³/mol. The van der Waals surface area contributed by atoms with Crippen molar-refractivity contribution in [3.05, 3.63) is 83.7 Å². The van der Waals surface area contributed by atoms with Gasteiger partial charge in [0.1, 0.15) is 0 Å². The highest BCUT2D eigenvalue weighted by Crippen LogP contribution is 2.24. The van der Waals surface area contributed by atoms with E-state index >= 15 is 0 Å². The van der Waals surface area contributed by atoms with Gasteiger partial charge >= 0.3 is 0 Å². The molecule has 3 aromatic heterocycles. The highest BCUT2D eigenvalue weighted by molar-refractivity contribution is 5.94. The summed E-state index contributed by atoms with van der Waals surface area (Å²) in [6, 6.07) is 15.8. The Kier molecular flexibility index (Phi) is 5.31. The largest absolute Gasteiger partial charge is 0.338 e. The Hall–Kier alpha value is -3.74. The van der Waals surface area contributed by atoms with Crippen LogP contribution in [0.1, 0.15) is 34.0 Å². The first-order chi connectivity index (χ1) is 15.6. The number of carbonyl (C=O) groups is 1. The molecule has 1 unspecified atom stereocenters. The molecule has 4 heterocycles. The number of nitrogens with zero attached hydrogens (tertiary/aromatic N) is 5. The fourth-order valence-corrected chi connectivity index (χ4v) is 4.40. The summed E-state index contributed by atoms with van der Waals surface area (Å²) in [5.74, 6) is 1.58. The summed E-state index contributed by atoms with van der Waals surface area (Å²) < 4.78 is 7.58. The second-order valence-corrected chi connectivity index (χ2v) is 8.36. The lowest BCUT2D eigenvalue weighted by Gasteiger charge is -2.17. The van der Waals surface area contributed by atoms with E-state index in [0.717, 1.165) is 29.8 Å². The maximum absolute atomic E-state index is 13.0. The van der Waals surface area contributed by atoms with Crippen molar-refractivity contribution in [3.8, 4) is 17.1 Å².